The molecular weight excluding hydrogens is 1020 g/mol. The Hall–Kier alpha value is -2.43. The second-order valence-corrected chi connectivity index (χ2v) is 24.1. The quantitative estimate of drug-likeness (QED) is 0.0208. The summed E-state index contributed by atoms with van der Waals surface area (Å²) in [6.45, 7) is 30.4. The Morgan fingerprint density at radius 3 is 0.914 bits per heavy atom. The Morgan fingerprint density at radius 2 is 0.617 bits per heavy atom. The minimum Gasteiger partial charge on any atom is -0.493 e. The summed E-state index contributed by atoms with van der Waals surface area (Å²) in [5.74, 6) is 7.55. The minimum absolute atomic E-state index is 0. The van der Waals surface area contributed by atoms with Crippen LogP contribution < -0.4 is 0 Å². The third kappa shape index (κ3) is 34.3. The first kappa shape index (κ1) is 78.6. The number of hydrogen-bond acceptors (Lipinski definition) is 0. The Balaban J connectivity index is 0.00000441. The van der Waals surface area contributed by atoms with E-state index in [4.69, 9.17) is 0 Å². The number of aryl methyl sites for hydroxylation is 4. The van der Waals surface area contributed by atoms with E-state index in [9.17, 15) is 5.53 Å². The van der Waals surface area contributed by atoms with E-state index in [0.29, 0.717) is 0 Å². The number of hydrogen-bond donors (Lipinski definition) is 0. The first-order valence-electron chi connectivity index (χ1n) is 35.6. The van der Waals surface area contributed by atoms with Crippen molar-refractivity contribution < 1.29 is 21.2 Å². The van der Waals surface area contributed by atoms with Crippen molar-refractivity contribution in [2.24, 2.45) is 0 Å². The predicted octanol–water partition coefficient (Wildman–Crippen LogP) is 26.3. The molecule has 0 fully saturated rings. The van der Waals surface area contributed by atoms with Crippen LogP contribution in [0.2, 0.25) is 0 Å². The molecule has 0 unspecified atom stereocenters. The average Bonchev–Trinajstić information content (AvgIpc) is 3.83. The number of nitrogens with zero attached hydrogens (tertiary/aromatic N) is 2. The molecule has 3 heteroatoms. The van der Waals surface area contributed by atoms with Gasteiger partial charge in [0.05, 0.1) is 0 Å². The van der Waals surface area contributed by atoms with E-state index >= 15 is 0 Å². The van der Waals surface area contributed by atoms with Gasteiger partial charge in [0.2, 0.25) is 11.4 Å². The molecule has 1 heterocycles. The largest absolute Gasteiger partial charge is 2.00 e. The van der Waals surface area contributed by atoms with Gasteiger partial charge >= 0.3 is 16.5 Å². The summed E-state index contributed by atoms with van der Waals surface area (Å²) < 4.78 is 1.61. The number of unbranched alkanes of at least 4 members (excludes halogenated alkanes) is 35. The van der Waals surface area contributed by atoms with Crippen LogP contribution >= 0.6 is 0 Å². The van der Waals surface area contributed by atoms with Crippen molar-refractivity contribution in [2.75, 3.05) is 0 Å². The molecular formula is C78H134N2Ni. The van der Waals surface area contributed by atoms with Crippen LogP contribution in [0.5, 0.6) is 0 Å². The van der Waals surface area contributed by atoms with Crippen molar-refractivity contribution >= 4 is 11.4 Å². The monoisotopic (exact) mass is 1160 g/mol. The maximum absolute atomic E-state index is 12.8. The van der Waals surface area contributed by atoms with Gasteiger partial charge in [-0.3, -0.25) is 0 Å². The van der Waals surface area contributed by atoms with Gasteiger partial charge in [-0.05, 0) is 128 Å². The zero-order valence-electron chi connectivity index (χ0n) is 55.9. The van der Waals surface area contributed by atoms with Crippen molar-refractivity contribution in [2.45, 2.75) is 377 Å². The SMILES string of the molecule is CCCCCCCCCCCCCCCCCCCCCCC#CC1=C(c2cc(CC)c(CCCCCC)c(CC)c2)[N+](=[N-])C(c2cc(CC)c(CCCCCC)c(CC)c2)=C1CCCCCC.[CH2-]CCCCC.[CH2-]CCCCC.[Ni+2]. The molecule has 466 valence electrons. The van der Waals surface area contributed by atoms with E-state index in [1.165, 1.54) is 265 Å². The summed E-state index contributed by atoms with van der Waals surface area (Å²) in [6, 6.07) is 9.75. The molecule has 0 amide bonds. The summed E-state index contributed by atoms with van der Waals surface area (Å²) in [6.07, 6.45) is 61.4. The van der Waals surface area contributed by atoms with Gasteiger partial charge in [-0.15, -0.1) is 0 Å². The zero-order chi connectivity index (χ0) is 58.7. The minimum atomic E-state index is 0. The molecule has 0 saturated heterocycles. The van der Waals surface area contributed by atoms with Crippen LogP contribution in [-0.4, -0.2) is 4.70 Å². The fraction of sp³-hybridized carbons (Fsp3) is 0.744. The summed E-state index contributed by atoms with van der Waals surface area (Å²) >= 11 is 0. The normalized spacial score (nSPS) is 12.1. The molecule has 1 aliphatic heterocycles. The van der Waals surface area contributed by atoms with E-state index in [-0.39, 0.29) is 16.5 Å². The molecule has 0 radical (unpaired) electrons. The second kappa shape index (κ2) is 55.4. The molecule has 0 bridgehead atoms. The van der Waals surface area contributed by atoms with Crippen molar-refractivity contribution in [3.8, 4) is 11.8 Å². The van der Waals surface area contributed by atoms with E-state index in [1.807, 2.05) is 0 Å². The Kier molecular flexibility index (Phi) is 53.8. The number of benzene rings is 2. The Bertz CT molecular complexity index is 1890. The molecule has 0 N–H and O–H groups in total. The van der Waals surface area contributed by atoms with Gasteiger partial charge in [0.25, 0.3) is 0 Å². The molecule has 3 rings (SSSR count). The smallest absolute Gasteiger partial charge is 0.493 e. The summed E-state index contributed by atoms with van der Waals surface area (Å²) in [4.78, 5) is 0. The van der Waals surface area contributed by atoms with E-state index in [2.05, 4.69) is 119 Å². The summed E-state index contributed by atoms with van der Waals surface area (Å²) in [7, 11) is 0. The van der Waals surface area contributed by atoms with Crippen molar-refractivity contribution in [1.82, 2.24) is 0 Å². The van der Waals surface area contributed by atoms with Crippen LogP contribution in [0.1, 0.15) is 383 Å². The maximum Gasteiger partial charge on any atom is 2.00 e. The summed E-state index contributed by atoms with van der Waals surface area (Å²) in [5.41, 5.74) is 28.3. The molecule has 81 heavy (non-hydrogen) atoms. The van der Waals surface area contributed by atoms with Crippen molar-refractivity contribution in [3.05, 3.63) is 99.3 Å². The van der Waals surface area contributed by atoms with E-state index in [0.717, 1.165) is 99.6 Å². The molecule has 1 aliphatic rings. The van der Waals surface area contributed by atoms with Crippen LogP contribution in [0.4, 0.5) is 0 Å². The molecule has 0 aliphatic carbocycles. The molecule has 0 aromatic heterocycles. The third-order valence-electron chi connectivity index (χ3n) is 17.1. The zero-order valence-corrected chi connectivity index (χ0v) is 56.9. The molecule has 2 nitrogen and oxygen atoms in total. The van der Waals surface area contributed by atoms with Gasteiger partial charge in [-0.1, -0.05) is 299 Å². The topological polar surface area (TPSA) is 25.3 Å². The van der Waals surface area contributed by atoms with Gasteiger partial charge in [0.1, 0.15) is 5.57 Å². The standard InChI is InChI=1S/C66H108N2.2C6H13.Ni/c1-9-17-21-25-26-27-28-29-30-31-32-33-34-35-36-37-38-39-40-41-42-46-50-64-63(49-45-24-20-12-4)65(59-51-55(13-5)61(56(14-6)52-59)47-43-22-18-10-2)68(67)66(64)60-53-57(15-7)62(58(16-8)54-60)48-44-23-19-11-3;2*1-3-5-6-4-2;/h51-54H,9-45,47-49H2,1-8H3;2*1,3-6H2,2H3;/q;2*-1;+2. The number of rotatable bonds is 47. The first-order valence-corrected chi connectivity index (χ1v) is 35.6. The second-order valence-electron chi connectivity index (χ2n) is 24.1. The fourth-order valence-corrected chi connectivity index (χ4v) is 12.0. The van der Waals surface area contributed by atoms with Gasteiger partial charge < -0.3 is 19.4 Å². The molecule has 0 atom stereocenters. The third-order valence-corrected chi connectivity index (χ3v) is 17.1. The van der Waals surface area contributed by atoms with Crippen LogP contribution in [0.15, 0.2) is 35.4 Å². The summed E-state index contributed by atoms with van der Waals surface area (Å²) in [5, 5.41) is 0. The van der Waals surface area contributed by atoms with Crippen LogP contribution in [0.3, 0.4) is 0 Å². The van der Waals surface area contributed by atoms with Crippen LogP contribution in [0.25, 0.3) is 16.9 Å². The van der Waals surface area contributed by atoms with Crippen LogP contribution in [0, 0.1) is 25.7 Å². The Morgan fingerprint density at radius 1 is 0.346 bits per heavy atom. The van der Waals surface area contributed by atoms with Crippen LogP contribution in [-0.2, 0) is 55.0 Å². The maximum atomic E-state index is 12.8. The molecule has 0 spiro atoms. The fourth-order valence-electron chi connectivity index (χ4n) is 12.0. The first-order chi connectivity index (χ1) is 39.3. The average molecular weight is 1160 g/mol. The Labute approximate surface area is 518 Å². The molecule has 2 aromatic rings. The molecule has 0 saturated carbocycles. The van der Waals surface area contributed by atoms with E-state index in [1.54, 1.807) is 15.8 Å². The van der Waals surface area contributed by atoms with Gasteiger partial charge in [-0.25, -0.2) is 4.70 Å². The predicted molar refractivity (Wildman–Crippen MR) is 362 cm³/mol. The van der Waals surface area contributed by atoms with Crippen molar-refractivity contribution in [3.63, 3.8) is 0 Å². The van der Waals surface area contributed by atoms with E-state index < -0.39 is 0 Å². The van der Waals surface area contributed by atoms with Gasteiger partial charge in [0, 0.05) is 23.1 Å². The molecule has 2 aromatic carbocycles. The van der Waals surface area contributed by atoms with Crippen molar-refractivity contribution in [1.29, 1.82) is 0 Å². The van der Waals surface area contributed by atoms with Gasteiger partial charge in [0.15, 0.2) is 0 Å². The number of allylic oxidation sites excluding steroid dienone is 2. The van der Waals surface area contributed by atoms with Gasteiger partial charge in [-0.2, -0.15) is 12.8 Å².